The maximum absolute atomic E-state index is 5.74. The maximum Gasteiger partial charge on any atom is 0.193 e. The van der Waals surface area contributed by atoms with E-state index < -0.39 is 0 Å². The lowest BCUT2D eigenvalue weighted by atomic mass is 10.1. The Balaban J connectivity index is 0.00000364. The molecule has 1 aromatic rings. The van der Waals surface area contributed by atoms with Crippen molar-refractivity contribution in [1.82, 2.24) is 10.2 Å². The van der Waals surface area contributed by atoms with E-state index in [1.807, 2.05) is 7.05 Å². The van der Waals surface area contributed by atoms with Crippen LogP contribution in [0.15, 0.2) is 29.3 Å². The summed E-state index contributed by atoms with van der Waals surface area (Å²) in [5.41, 5.74) is 1.31. The molecule has 1 aliphatic heterocycles. The molecule has 1 N–H and O–H groups in total. The molecule has 0 unspecified atom stereocenters. The van der Waals surface area contributed by atoms with Crippen LogP contribution in [0.4, 0.5) is 0 Å². The van der Waals surface area contributed by atoms with Gasteiger partial charge in [-0.25, -0.2) is 0 Å². The zero-order chi connectivity index (χ0) is 18.8. The molecule has 154 valence electrons. The first-order valence-electron chi connectivity index (χ1n) is 9.91. The quantitative estimate of drug-likeness (QED) is 0.341. The number of hydrogen-bond donors (Lipinski definition) is 1. The largest absolute Gasteiger partial charge is 0.493 e. The van der Waals surface area contributed by atoms with E-state index in [0.29, 0.717) is 12.0 Å². The summed E-state index contributed by atoms with van der Waals surface area (Å²) < 4.78 is 11.5. The standard InChI is InChI=1S/C21H35N3O2.HI/c1-5-25-20-11-14-24(15-12-20)21(22-4)23-13-10-18-6-8-19(9-7-18)26-16-17(2)3;/h6-9,17,20H,5,10-16H2,1-4H3,(H,22,23);1H. The van der Waals surface area contributed by atoms with Gasteiger partial charge < -0.3 is 19.7 Å². The molecule has 0 amide bonds. The molecule has 5 nitrogen and oxygen atoms in total. The molecule has 27 heavy (non-hydrogen) atoms. The van der Waals surface area contributed by atoms with Gasteiger partial charge >= 0.3 is 0 Å². The molecular weight excluding hydrogens is 453 g/mol. The zero-order valence-corrected chi connectivity index (χ0v) is 19.6. The third kappa shape index (κ3) is 8.68. The second-order valence-corrected chi connectivity index (χ2v) is 7.21. The van der Waals surface area contributed by atoms with Crippen LogP contribution in [0.25, 0.3) is 0 Å². The maximum atomic E-state index is 5.74. The van der Waals surface area contributed by atoms with E-state index in [4.69, 9.17) is 9.47 Å². The average Bonchev–Trinajstić information content (AvgIpc) is 2.65. The fourth-order valence-corrected chi connectivity index (χ4v) is 3.14. The van der Waals surface area contributed by atoms with Crippen molar-refractivity contribution in [2.24, 2.45) is 10.9 Å². The van der Waals surface area contributed by atoms with Crippen LogP contribution in [0.5, 0.6) is 5.75 Å². The van der Waals surface area contributed by atoms with Gasteiger partial charge in [0.15, 0.2) is 5.96 Å². The number of nitrogens with one attached hydrogen (secondary N) is 1. The topological polar surface area (TPSA) is 46.1 Å². The van der Waals surface area contributed by atoms with Crippen LogP contribution in [0.1, 0.15) is 39.2 Å². The first-order valence-corrected chi connectivity index (χ1v) is 9.91. The number of likely N-dealkylation sites (tertiary alicyclic amines) is 1. The summed E-state index contributed by atoms with van der Waals surface area (Å²) in [6.07, 6.45) is 3.53. The summed E-state index contributed by atoms with van der Waals surface area (Å²) in [4.78, 5) is 6.77. The van der Waals surface area contributed by atoms with E-state index in [1.54, 1.807) is 0 Å². The zero-order valence-electron chi connectivity index (χ0n) is 17.2. The number of halogens is 1. The Bertz CT molecular complexity index is 541. The normalized spacial score (nSPS) is 15.6. The van der Waals surface area contributed by atoms with Gasteiger partial charge in [0, 0.05) is 33.3 Å². The van der Waals surface area contributed by atoms with Crippen molar-refractivity contribution in [3.05, 3.63) is 29.8 Å². The summed E-state index contributed by atoms with van der Waals surface area (Å²) in [5.74, 6) is 2.49. The van der Waals surface area contributed by atoms with Crippen LogP contribution in [0, 0.1) is 5.92 Å². The molecule has 1 aromatic carbocycles. The molecule has 0 atom stereocenters. The summed E-state index contributed by atoms with van der Waals surface area (Å²) >= 11 is 0. The Kier molecular flexibility index (Phi) is 11.7. The second kappa shape index (κ2) is 13.2. The van der Waals surface area contributed by atoms with Crippen molar-refractivity contribution in [2.75, 3.05) is 39.9 Å². The number of guanidine groups is 1. The lowest BCUT2D eigenvalue weighted by Crippen LogP contribution is -2.47. The number of rotatable bonds is 8. The van der Waals surface area contributed by atoms with E-state index in [0.717, 1.165) is 63.8 Å². The summed E-state index contributed by atoms with van der Waals surface area (Å²) in [6, 6.07) is 8.41. The molecule has 0 bridgehead atoms. The van der Waals surface area contributed by atoms with Crippen molar-refractivity contribution in [1.29, 1.82) is 0 Å². The highest BCUT2D eigenvalue weighted by Gasteiger charge is 2.21. The average molecular weight is 489 g/mol. The SMILES string of the molecule is CCOC1CCN(C(=NC)NCCc2ccc(OCC(C)C)cc2)CC1.I. The second-order valence-electron chi connectivity index (χ2n) is 7.21. The predicted octanol–water partition coefficient (Wildman–Crippen LogP) is 3.96. The molecule has 0 aromatic heterocycles. The number of hydrogen-bond acceptors (Lipinski definition) is 3. The minimum atomic E-state index is 0. The van der Waals surface area contributed by atoms with E-state index in [-0.39, 0.29) is 24.0 Å². The van der Waals surface area contributed by atoms with Gasteiger partial charge in [0.05, 0.1) is 12.7 Å². The van der Waals surface area contributed by atoms with Crippen LogP contribution in [0.2, 0.25) is 0 Å². The molecule has 6 heteroatoms. The van der Waals surface area contributed by atoms with Crippen molar-refractivity contribution >= 4 is 29.9 Å². The van der Waals surface area contributed by atoms with Crippen LogP contribution >= 0.6 is 24.0 Å². The summed E-state index contributed by atoms with van der Waals surface area (Å²) in [5, 5.41) is 3.49. The van der Waals surface area contributed by atoms with Gasteiger partial charge in [0.25, 0.3) is 0 Å². The van der Waals surface area contributed by atoms with Crippen LogP contribution < -0.4 is 10.1 Å². The molecule has 0 aliphatic carbocycles. The molecule has 2 rings (SSSR count). The lowest BCUT2D eigenvalue weighted by molar-refractivity contribution is 0.0264. The summed E-state index contributed by atoms with van der Waals surface area (Å²) in [7, 11) is 1.86. The molecule has 0 radical (unpaired) electrons. The molecule has 1 fully saturated rings. The number of benzene rings is 1. The highest BCUT2D eigenvalue weighted by Crippen LogP contribution is 2.15. The third-order valence-electron chi connectivity index (χ3n) is 4.56. The van der Waals surface area contributed by atoms with Gasteiger partial charge in [-0.3, -0.25) is 4.99 Å². The molecule has 1 saturated heterocycles. The summed E-state index contributed by atoms with van der Waals surface area (Å²) in [6.45, 7) is 10.8. The smallest absolute Gasteiger partial charge is 0.193 e. The Morgan fingerprint density at radius 3 is 2.44 bits per heavy atom. The van der Waals surface area contributed by atoms with Crippen molar-refractivity contribution in [3.8, 4) is 5.75 Å². The predicted molar refractivity (Wildman–Crippen MR) is 123 cm³/mol. The Morgan fingerprint density at radius 2 is 1.89 bits per heavy atom. The molecule has 1 aliphatic rings. The minimum absolute atomic E-state index is 0. The van der Waals surface area contributed by atoms with Gasteiger partial charge in [-0.05, 0) is 49.8 Å². The van der Waals surface area contributed by atoms with Gasteiger partial charge in [-0.2, -0.15) is 0 Å². The Morgan fingerprint density at radius 1 is 1.22 bits per heavy atom. The molecule has 0 saturated carbocycles. The van der Waals surface area contributed by atoms with Crippen LogP contribution in [-0.2, 0) is 11.2 Å². The van der Waals surface area contributed by atoms with Gasteiger partial charge in [-0.1, -0.05) is 26.0 Å². The van der Waals surface area contributed by atoms with Crippen LogP contribution in [-0.4, -0.2) is 56.9 Å². The Labute approximate surface area is 181 Å². The first kappa shape index (κ1) is 24.0. The Hall–Kier alpha value is -1.02. The van der Waals surface area contributed by atoms with Gasteiger partial charge in [0.2, 0.25) is 0 Å². The van der Waals surface area contributed by atoms with Crippen molar-refractivity contribution in [3.63, 3.8) is 0 Å². The monoisotopic (exact) mass is 489 g/mol. The third-order valence-corrected chi connectivity index (χ3v) is 4.56. The lowest BCUT2D eigenvalue weighted by Gasteiger charge is -2.34. The molecule has 0 spiro atoms. The number of ether oxygens (including phenoxy) is 2. The van der Waals surface area contributed by atoms with Crippen LogP contribution in [0.3, 0.4) is 0 Å². The highest BCUT2D eigenvalue weighted by atomic mass is 127. The van der Waals surface area contributed by atoms with Crippen molar-refractivity contribution in [2.45, 2.75) is 46.1 Å². The number of piperidine rings is 1. The fraction of sp³-hybridized carbons (Fsp3) is 0.667. The molecule has 1 heterocycles. The van der Waals surface area contributed by atoms with Crippen molar-refractivity contribution < 1.29 is 9.47 Å². The highest BCUT2D eigenvalue weighted by molar-refractivity contribution is 14.0. The fourth-order valence-electron chi connectivity index (χ4n) is 3.14. The van der Waals surface area contributed by atoms with E-state index in [9.17, 15) is 0 Å². The van der Waals surface area contributed by atoms with E-state index in [1.165, 1.54) is 5.56 Å². The van der Waals surface area contributed by atoms with E-state index >= 15 is 0 Å². The number of nitrogens with zero attached hydrogens (tertiary/aromatic N) is 2. The minimum Gasteiger partial charge on any atom is -0.493 e. The van der Waals surface area contributed by atoms with Gasteiger partial charge in [-0.15, -0.1) is 24.0 Å². The molecular formula is C21H36IN3O2. The number of aliphatic imine (C=N–C) groups is 1. The van der Waals surface area contributed by atoms with E-state index in [2.05, 4.69) is 60.2 Å². The van der Waals surface area contributed by atoms with Gasteiger partial charge in [0.1, 0.15) is 5.75 Å². The first-order chi connectivity index (χ1) is 12.6.